The number of piperidine rings is 1. The molecule has 4 heteroatoms. The molecule has 1 unspecified atom stereocenters. The fourth-order valence-electron chi connectivity index (χ4n) is 2.09. The molecule has 1 aromatic carbocycles. The number of methoxy groups -OCH3 is 1. The van der Waals surface area contributed by atoms with Crippen LogP contribution in [0.5, 0.6) is 5.75 Å². The molecule has 92 valence electrons. The fraction of sp³-hybridized carbons (Fsp3) is 0.462. The Morgan fingerprint density at radius 3 is 2.88 bits per heavy atom. The summed E-state index contributed by atoms with van der Waals surface area (Å²) in [7, 11) is 1.45. The topological polar surface area (TPSA) is 29.5 Å². The van der Waals surface area contributed by atoms with Crippen molar-refractivity contribution >= 4 is 11.5 Å². The van der Waals surface area contributed by atoms with Gasteiger partial charge in [-0.05, 0) is 12.1 Å². The van der Waals surface area contributed by atoms with Crippen molar-refractivity contribution in [2.24, 2.45) is 5.92 Å². The molecule has 1 fully saturated rings. The summed E-state index contributed by atoms with van der Waals surface area (Å²) >= 11 is 0. The summed E-state index contributed by atoms with van der Waals surface area (Å²) in [5.74, 6) is 0.222. The zero-order valence-corrected chi connectivity index (χ0v) is 10.1. The van der Waals surface area contributed by atoms with E-state index < -0.39 is 0 Å². The third-order valence-corrected chi connectivity index (χ3v) is 3.17. The van der Waals surface area contributed by atoms with Crippen LogP contribution in [0.3, 0.4) is 0 Å². The van der Waals surface area contributed by atoms with Crippen LogP contribution in [0, 0.1) is 11.7 Å². The number of ether oxygens (including phenoxy) is 1. The highest BCUT2D eigenvalue weighted by molar-refractivity contribution is 5.83. The third kappa shape index (κ3) is 2.40. The van der Waals surface area contributed by atoms with Crippen LogP contribution in [0.4, 0.5) is 10.1 Å². The van der Waals surface area contributed by atoms with Gasteiger partial charge in [0.05, 0.1) is 7.11 Å². The number of carbonyl (C=O) groups is 1. The minimum Gasteiger partial charge on any atom is -0.494 e. The number of ketones is 1. The second kappa shape index (κ2) is 4.73. The minimum absolute atomic E-state index is 0.0415. The first-order valence-electron chi connectivity index (χ1n) is 5.73. The normalized spacial score (nSPS) is 20.5. The molecule has 0 radical (unpaired) electrons. The summed E-state index contributed by atoms with van der Waals surface area (Å²) in [5.41, 5.74) is 0.905. The van der Waals surface area contributed by atoms with Gasteiger partial charge in [-0.2, -0.15) is 0 Å². The highest BCUT2D eigenvalue weighted by Crippen LogP contribution is 2.27. The zero-order chi connectivity index (χ0) is 12.4. The van der Waals surface area contributed by atoms with E-state index in [1.165, 1.54) is 13.2 Å². The summed E-state index contributed by atoms with van der Waals surface area (Å²) in [6.07, 6.45) is 0.556. The highest BCUT2D eigenvalue weighted by Gasteiger charge is 2.24. The summed E-state index contributed by atoms with van der Waals surface area (Å²) in [4.78, 5) is 13.5. The van der Waals surface area contributed by atoms with Crippen LogP contribution in [0.25, 0.3) is 0 Å². The largest absolute Gasteiger partial charge is 0.494 e. The van der Waals surface area contributed by atoms with Gasteiger partial charge >= 0.3 is 0 Å². The van der Waals surface area contributed by atoms with Crippen LogP contribution in [-0.4, -0.2) is 26.0 Å². The Bertz CT molecular complexity index is 433. The number of benzene rings is 1. The van der Waals surface area contributed by atoms with Gasteiger partial charge in [0.1, 0.15) is 5.78 Å². The Labute approximate surface area is 100 Å². The van der Waals surface area contributed by atoms with E-state index in [1.54, 1.807) is 12.1 Å². The minimum atomic E-state index is -0.364. The molecule has 0 N–H and O–H groups in total. The van der Waals surface area contributed by atoms with Gasteiger partial charge < -0.3 is 9.64 Å². The van der Waals surface area contributed by atoms with E-state index in [-0.39, 0.29) is 17.5 Å². The lowest BCUT2D eigenvalue weighted by molar-refractivity contribution is -0.122. The average Bonchev–Trinajstić information content (AvgIpc) is 2.33. The zero-order valence-electron chi connectivity index (χ0n) is 10.1. The van der Waals surface area contributed by atoms with Crippen molar-refractivity contribution in [3.63, 3.8) is 0 Å². The number of anilines is 1. The molecular formula is C13H16FNO2. The number of carbonyl (C=O) groups excluding carboxylic acids is 1. The lowest BCUT2D eigenvalue weighted by Crippen LogP contribution is -2.39. The lowest BCUT2D eigenvalue weighted by Gasteiger charge is -2.32. The van der Waals surface area contributed by atoms with E-state index >= 15 is 0 Å². The molecule has 0 aromatic heterocycles. The summed E-state index contributed by atoms with van der Waals surface area (Å²) in [6, 6.07) is 4.80. The third-order valence-electron chi connectivity index (χ3n) is 3.17. The van der Waals surface area contributed by atoms with E-state index in [1.807, 2.05) is 6.92 Å². The Hall–Kier alpha value is -1.58. The van der Waals surface area contributed by atoms with Gasteiger partial charge in [0.25, 0.3) is 0 Å². The van der Waals surface area contributed by atoms with E-state index in [2.05, 4.69) is 4.90 Å². The molecule has 17 heavy (non-hydrogen) atoms. The molecule has 1 saturated heterocycles. The summed E-state index contributed by atoms with van der Waals surface area (Å²) in [6.45, 7) is 3.31. The lowest BCUT2D eigenvalue weighted by atomic mass is 9.98. The average molecular weight is 237 g/mol. The first-order valence-corrected chi connectivity index (χ1v) is 5.73. The molecule has 0 spiro atoms. The number of nitrogens with zero attached hydrogens (tertiary/aromatic N) is 1. The van der Waals surface area contributed by atoms with Gasteiger partial charge in [0, 0.05) is 37.2 Å². The van der Waals surface area contributed by atoms with Crippen LogP contribution in [0.15, 0.2) is 18.2 Å². The standard InChI is InChI=1S/C13H16FNO2/c1-9-8-15(6-5-12(9)16)10-3-4-11(14)13(7-10)17-2/h3-4,7,9H,5-6,8H2,1-2H3. The molecule has 1 atom stereocenters. The van der Waals surface area contributed by atoms with Crippen LogP contribution in [-0.2, 0) is 4.79 Å². The molecule has 0 amide bonds. The molecule has 3 nitrogen and oxygen atoms in total. The van der Waals surface area contributed by atoms with Crippen molar-refractivity contribution in [2.45, 2.75) is 13.3 Å². The van der Waals surface area contributed by atoms with Gasteiger partial charge in [-0.3, -0.25) is 4.79 Å². The number of Topliss-reactive ketones (excluding diaryl/α,β-unsaturated/α-hetero) is 1. The molecule has 0 aliphatic carbocycles. The van der Waals surface area contributed by atoms with Gasteiger partial charge in [0.15, 0.2) is 11.6 Å². The second-order valence-electron chi connectivity index (χ2n) is 4.38. The SMILES string of the molecule is COc1cc(N2CCC(=O)C(C)C2)ccc1F. The Kier molecular flexibility index (Phi) is 3.31. The number of rotatable bonds is 2. The van der Waals surface area contributed by atoms with Crippen LogP contribution >= 0.6 is 0 Å². The smallest absolute Gasteiger partial charge is 0.165 e. The van der Waals surface area contributed by atoms with Gasteiger partial charge in [-0.1, -0.05) is 6.92 Å². The molecule has 0 bridgehead atoms. The predicted octanol–water partition coefficient (Wildman–Crippen LogP) is 2.25. The Morgan fingerprint density at radius 2 is 2.24 bits per heavy atom. The quantitative estimate of drug-likeness (QED) is 0.790. The number of halogens is 1. The Balaban J connectivity index is 2.20. The van der Waals surface area contributed by atoms with Crippen molar-refractivity contribution in [1.29, 1.82) is 0 Å². The highest BCUT2D eigenvalue weighted by atomic mass is 19.1. The van der Waals surface area contributed by atoms with Crippen LogP contribution in [0.2, 0.25) is 0 Å². The van der Waals surface area contributed by atoms with E-state index in [9.17, 15) is 9.18 Å². The summed E-state index contributed by atoms with van der Waals surface area (Å²) in [5, 5.41) is 0. The van der Waals surface area contributed by atoms with Crippen molar-refractivity contribution < 1.29 is 13.9 Å². The number of hydrogen-bond donors (Lipinski definition) is 0. The molecule has 2 rings (SSSR count). The Morgan fingerprint density at radius 1 is 1.47 bits per heavy atom. The van der Waals surface area contributed by atoms with Gasteiger partial charge in [-0.25, -0.2) is 4.39 Å². The molecule has 1 aliphatic rings. The van der Waals surface area contributed by atoms with Crippen molar-refractivity contribution in [1.82, 2.24) is 0 Å². The number of hydrogen-bond acceptors (Lipinski definition) is 3. The van der Waals surface area contributed by atoms with Crippen molar-refractivity contribution in [2.75, 3.05) is 25.1 Å². The monoisotopic (exact) mass is 237 g/mol. The van der Waals surface area contributed by atoms with Crippen molar-refractivity contribution in [3.05, 3.63) is 24.0 Å². The molecule has 1 aliphatic heterocycles. The van der Waals surface area contributed by atoms with Gasteiger partial charge in [-0.15, -0.1) is 0 Å². The maximum absolute atomic E-state index is 13.3. The predicted molar refractivity (Wildman–Crippen MR) is 64.0 cm³/mol. The van der Waals surface area contributed by atoms with E-state index in [0.29, 0.717) is 25.3 Å². The van der Waals surface area contributed by atoms with Gasteiger partial charge in [0.2, 0.25) is 0 Å². The van der Waals surface area contributed by atoms with Crippen LogP contribution < -0.4 is 9.64 Å². The first kappa shape index (κ1) is 11.9. The summed E-state index contributed by atoms with van der Waals surface area (Å²) < 4.78 is 18.2. The molecule has 1 aromatic rings. The van der Waals surface area contributed by atoms with Crippen LogP contribution in [0.1, 0.15) is 13.3 Å². The molecule has 1 heterocycles. The first-order chi connectivity index (χ1) is 8.11. The maximum atomic E-state index is 13.3. The van der Waals surface area contributed by atoms with E-state index in [4.69, 9.17) is 4.74 Å². The molecular weight excluding hydrogens is 221 g/mol. The second-order valence-corrected chi connectivity index (χ2v) is 4.38. The van der Waals surface area contributed by atoms with Crippen molar-refractivity contribution in [3.8, 4) is 5.75 Å². The molecule has 0 saturated carbocycles. The fourth-order valence-corrected chi connectivity index (χ4v) is 2.09. The maximum Gasteiger partial charge on any atom is 0.165 e. The van der Waals surface area contributed by atoms with E-state index in [0.717, 1.165) is 5.69 Å².